The normalized spacial score (nSPS) is 30.9. The third kappa shape index (κ3) is 7.69. The molecule has 52 heavy (non-hydrogen) atoms. The summed E-state index contributed by atoms with van der Waals surface area (Å²) in [7, 11) is -4.00. The highest BCUT2D eigenvalue weighted by Crippen LogP contribution is 2.47. The molecule has 15 heteroatoms. The van der Waals surface area contributed by atoms with Crippen molar-refractivity contribution >= 4 is 44.6 Å². The minimum Gasteiger partial charge on any atom is -0.491 e. The van der Waals surface area contributed by atoms with Gasteiger partial charge in [0.15, 0.2) is 0 Å². The molecule has 2 aromatic rings. The summed E-state index contributed by atoms with van der Waals surface area (Å²) in [6.45, 7) is 9.23. The number of carboxylic acid groups (broad SMARTS) is 1. The van der Waals surface area contributed by atoms with Crippen molar-refractivity contribution in [2.75, 3.05) is 6.54 Å². The number of nitrogens with one attached hydrogen (secondary N) is 3. The minimum absolute atomic E-state index is 0.0172. The number of aromatic nitrogens is 1. The first-order valence-corrected chi connectivity index (χ1v) is 19.6. The van der Waals surface area contributed by atoms with Crippen LogP contribution in [-0.2, 0) is 24.4 Å². The number of fused-ring (bicyclic) bond motifs is 3. The summed E-state index contributed by atoms with van der Waals surface area (Å²) in [4.78, 5) is 60.2. The third-order valence-electron chi connectivity index (χ3n) is 10.9. The molecular weight excluding hydrogens is 690 g/mol. The number of carbonyl (C=O) groups is 4. The molecule has 1 saturated heterocycles. The second-order valence-electron chi connectivity index (χ2n) is 15.6. The average molecular weight is 740 g/mol. The summed E-state index contributed by atoms with van der Waals surface area (Å²) >= 11 is 0. The van der Waals surface area contributed by atoms with Crippen molar-refractivity contribution in [1.29, 1.82) is 0 Å². The monoisotopic (exact) mass is 739 g/mol. The van der Waals surface area contributed by atoms with E-state index in [2.05, 4.69) is 20.3 Å². The van der Waals surface area contributed by atoms with Crippen LogP contribution in [0.2, 0.25) is 0 Å². The van der Waals surface area contributed by atoms with Crippen LogP contribution in [-0.4, -0.2) is 88.3 Å². The van der Waals surface area contributed by atoms with Crippen molar-refractivity contribution in [2.24, 2.45) is 17.8 Å². The van der Waals surface area contributed by atoms with Gasteiger partial charge in [0, 0.05) is 23.9 Å². The molecule has 0 spiro atoms. The molecule has 3 heterocycles. The SMILES string of the molecule is CC(C)Oc1ccc2c(O[C@@H]3C[C@H]4C(=O)N[C@]5(C(=O)NS(=O)(=O)C6(C)CC6)CC5/C=C\CC[C@@H](C)C[C@@H](C)[C@H](NC(=O)O)C(=O)N4C3)nccc2c1. The van der Waals surface area contributed by atoms with Crippen LogP contribution in [0.25, 0.3) is 10.8 Å². The Morgan fingerprint density at radius 2 is 1.88 bits per heavy atom. The zero-order valence-corrected chi connectivity index (χ0v) is 31.1. The number of allylic oxidation sites excluding steroid dienone is 1. The molecular formula is C37H49N5O9S. The Morgan fingerprint density at radius 1 is 1.13 bits per heavy atom. The van der Waals surface area contributed by atoms with Crippen molar-refractivity contribution in [3.05, 3.63) is 42.6 Å². The van der Waals surface area contributed by atoms with Crippen LogP contribution in [0.4, 0.5) is 4.79 Å². The fourth-order valence-corrected chi connectivity index (χ4v) is 8.77. The Hall–Kier alpha value is -4.40. The molecule has 6 rings (SSSR count). The van der Waals surface area contributed by atoms with Crippen LogP contribution in [0.1, 0.15) is 79.6 Å². The number of benzene rings is 1. The number of sulfonamides is 1. The Bertz CT molecular complexity index is 1880. The minimum atomic E-state index is -4.00. The lowest BCUT2D eigenvalue weighted by Crippen LogP contribution is -2.59. The van der Waals surface area contributed by atoms with E-state index in [9.17, 15) is 32.7 Å². The van der Waals surface area contributed by atoms with E-state index in [1.807, 2.05) is 64.1 Å². The zero-order chi connectivity index (χ0) is 37.6. The van der Waals surface area contributed by atoms with Crippen LogP contribution in [0.3, 0.4) is 0 Å². The first-order chi connectivity index (χ1) is 24.5. The maximum Gasteiger partial charge on any atom is 0.405 e. The highest BCUT2D eigenvalue weighted by atomic mass is 32.2. The van der Waals surface area contributed by atoms with E-state index in [1.54, 1.807) is 13.1 Å². The Balaban J connectivity index is 1.32. The van der Waals surface area contributed by atoms with Gasteiger partial charge in [0.2, 0.25) is 27.7 Å². The molecule has 1 aromatic carbocycles. The third-order valence-corrected chi connectivity index (χ3v) is 13.0. The highest BCUT2D eigenvalue weighted by Gasteiger charge is 2.63. The molecule has 0 bridgehead atoms. The summed E-state index contributed by atoms with van der Waals surface area (Å²) < 4.78 is 39.6. The number of hydrogen-bond donors (Lipinski definition) is 4. The summed E-state index contributed by atoms with van der Waals surface area (Å²) in [5.74, 6) is -1.83. The van der Waals surface area contributed by atoms with Crippen LogP contribution in [0, 0.1) is 17.8 Å². The van der Waals surface area contributed by atoms with Crippen molar-refractivity contribution in [1.82, 2.24) is 25.2 Å². The molecule has 3 fully saturated rings. The van der Waals surface area contributed by atoms with Crippen LogP contribution < -0.4 is 24.8 Å². The molecule has 1 aromatic heterocycles. The summed E-state index contributed by atoms with van der Waals surface area (Å²) in [5.41, 5.74) is -1.54. The van der Waals surface area contributed by atoms with Gasteiger partial charge in [-0.2, -0.15) is 0 Å². The molecule has 2 aliphatic heterocycles. The number of pyridine rings is 1. The van der Waals surface area contributed by atoms with Crippen molar-refractivity contribution in [2.45, 2.75) is 114 Å². The van der Waals surface area contributed by atoms with Crippen LogP contribution in [0.5, 0.6) is 11.6 Å². The molecule has 0 radical (unpaired) electrons. The van der Waals surface area contributed by atoms with Gasteiger partial charge in [-0.1, -0.05) is 26.0 Å². The van der Waals surface area contributed by atoms with Gasteiger partial charge in [-0.3, -0.25) is 19.1 Å². The zero-order valence-electron chi connectivity index (χ0n) is 30.3. The largest absolute Gasteiger partial charge is 0.491 e. The summed E-state index contributed by atoms with van der Waals surface area (Å²) in [6.07, 6.45) is 6.27. The highest BCUT2D eigenvalue weighted by molar-refractivity contribution is 7.91. The van der Waals surface area contributed by atoms with Gasteiger partial charge in [0.05, 0.1) is 17.4 Å². The van der Waals surface area contributed by atoms with Gasteiger partial charge in [0.1, 0.15) is 29.5 Å². The van der Waals surface area contributed by atoms with E-state index in [-0.39, 0.29) is 31.4 Å². The quantitative estimate of drug-likeness (QED) is 0.289. The van der Waals surface area contributed by atoms with Crippen molar-refractivity contribution < 1.29 is 42.2 Å². The van der Waals surface area contributed by atoms with E-state index in [0.29, 0.717) is 42.7 Å². The number of hydrogen-bond acceptors (Lipinski definition) is 9. The average Bonchev–Trinajstić information content (AvgIpc) is 3.94. The predicted octanol–water partition coefficient (Wildman–Crippen LogP) is 3.89. The van der Waals surface area contributed by atoms with E-state index in [1.165, 1.54) is 4.90 Å². The van der Waals surface area contributed by atoms with Crippen LogP contribution >= 0.6 is 0 Å². The van der Waals surface area contributed by atoms with Gasteiger partial charge in [0.25, 0.3) is 5.91 Å². The van der Waals surface area contributed by atoms with Gasteiger partial charge in [-0.15, -0.1) is 0 Å². The lowest BCUT2D eigenvalue weighted by molar-refractivity contribution is -0.142. The Labute approximate surface area is 304 Å². The molecule has 14 nitrogen and oxygen atoms in total. The van der Waals surface area contributed by atoms with E-state index in [0.717, 1.165) is 11.8 Å². The lowest BCUT2D eigenvalue weighted by atomic mass is 9.88. The fraction of sp³-hybridized carbons (Fsp3) is 0.595. The molecule has 4 N–H and O–H groups in total. The van der Waals surface area contributed by atoms with Gasteiger partial charge in [-0.05, 0) is 101 Å². The molecule has 4 aliphatic rings. The lowest BCUT2D eigenvalue weighted by Gasteiger charge is -2.32. The maximum absolute atomic E-state index is 14.4. The molecule has 2 aliphatic carbocycles. The number of nitrogens with zero attached hydrogens (tertiary/aromatic N) is 2. The van der Waals surface area contributed by atoms with Crippen molar-refractivity contribution in [3.8, 4) is 11.6 Å². The first-order valence-electron chi connectivity index (χ1n) is 18.1. The van der Waals surface area contributed by atoms with Crippen molar-refractivity contribution in [3.63, 3.8) is 0 Å². The molecule has 1 unspecified atom stereocenters. The van der Waals surface area contributed by atoms with Crippen LogP contribution in [0.15, 0.2) is 42.6 Å². The molecule has 282 valence electrons. The maximum atomic E-state index is 14.4. The summed E-state index contributed by atoms with van der Waals surface area (Å²) in [6, 6.07) is 5.03. The number of amides is 4. The topological polar surface area (TPSA) is 193 Å². The summed E-state index contributed by atoms with van der Waals surface area (Å²) in [5, 5.41) is 16.5. The fourth-order valence-electron chi connectivity index (χ4n) is 7.46. The molecule has 7 atom stereocenters. The van der Waals surface area contributed by atoms with Gasteiger partial charge < -0.3 is 30.1 Å². The second-order valence-corrected chi connectivity index (χ2v) is 17.8. The Morgan fingerprint density at radius 3 is 2.58 bits per heavy atom. The predicted molar refractivity (Wildman–Crippen MR) is 192 cm³/mol. The number of carbonyl (C=O) groups excluding carboxylic acids is 3. The van der Waals surface area contributed by atoms with E-state index < -0.39 is 74.1 Å². The Kier molecular flexibility index (Phi) is 10.2. The van der Waals surface area contributed by atoms with E-state index >= 15 is 0 Å². The van der Waals surface area contributed by atoms with E-state index in [4.69, 9.17) is 9.47 Å². The molecule has 2 saturated carbocycles. The smallest absolute Gasteiger partial charge is 0.405 e. The number of rotatable bonds is 8. The number of ether oxygens (including phenoxy) is 2. The second kappa shape index (κ2) is 14.2. The van der Waals surface area contributed by atoms with Gasteiger partial charge in [-0.25, -0.2) is 18.2 Å². The van der Waals surface area contributed by atoms with Gasteiger partial charge >= 0.3 is 6.09 Å². The molecule has 4 amide bonds. The first kappa shape index (κ1) is 37.4. The standard InChI is InChI=1S/C37H49N5O9S/c1-21(2)50-26-10-11-28-24(17-26)12-15-38-32(28)51-27-18-29-31(43)40-37(34(45)41-52(48,49)36(5)13-14-36)19-25(37)9-7-6-8-22(3)16-23(4)30(39-35(46)47)33(44)42(29)20-27/h7,9-12,15,17,21-23,25,27,29-30,39H,6,8,13-14,16,18-20H2,1-5H3,(H,40,43)(H,41,45)(H,46,47)/b9-7-/t22-,23-,25?,27-,29+,30+,37-/m1/s1.